The maximum Gasteiger partial charge on any atom is 0.220 e. The third-order valence-corrected chi connectivity index (χ3v) is 4.07. The van der Waals surface area contributed by atoms with Gasteiger partial charge >= 0.3 is 0 Å². The molecule has 0 heterocycles. The number of benzene rings is 1. The van der Waals surface area contributed by atoms with Gasteiger partial charge in [-0.3, -0.25) is 4.79 Å². The first-order valence-electron chi connectivity index (χ1n) is 7.52. The fraction of sp³-hybridized carbons (Fsp3) is 0.562. The summed E-state index contributed by atoms with van der Waals surface area (Å²) in [5, 5.41) is 2.80. The molecule has 1 aliphatic rings. The number of rotatable bonds is 5. The highest BCUT2D eigenvalue weighted by atomic mass is 35.5. The largest absolute Gasteiger partial charge is 0.356 e. The van der Waals surface area contributed by atoms with Crippen molar-refractivity contribution in [2.75, 3.05) is 6.54 Å². The zero-order valence-corrected chi connectivity index (χ0v) is 13.3. The zero-order chi connectivity index (χ0) is 15.2. The lowest BCUT2D eigenvalue weighted by Gasteiger charge is -2.27. The standard InChI is InChI=1S/C16H22F2N2O.ClH/c17-13-7-11(8-14(18)10-13)5-6-20-16(21)9-12-3-1-2-4-15(12)19;/h7-8,10,12,15H,1-6,9,19H2,(H,20,21);1H. The van der Waals surface area contributed by atoms with Gasteiger partial charge in [0.05, 0.1) is 0 Å². The van der Waals surface area contributed by atoms with E-state index in [4.69, 9.17) is 5.73 Å². The number of nitrogens with one attached hydrogen (secondary N) is 1. The van der Waals surface area contributed by atoms with Crippen LogP contribution in [0.25, 0.3) is 0 Å². The Hall–Kier alpha value is -1.20. The monoisotopic (exact) mass is 332 g/mol. The predicted octanol–water partition coefficient (Wildman–Crippen LogP) is 2.95. The summed E-state index contributed by atoms with van der Waals surface area (Å²) in [5.74, 6) is -0.964. The van der Waals surface area contributed by atoms with Crippen LogP contribution < -0.4 is 11.1 Å². The van der Waals surface area contributed by atoms with Crippen LogP contribution in [0.1, 0.15) is 37.7 Å². The third kappa shape index (κ3) is 5.89. The van der Waals surface area contributed by atoms with Crippen molar-refractivity contribution in [3.63, 3.8) is 0 Å². The van der Waals surface area contributed by atoms with Crippen LogP contribution in [0.5, 0.6) is 0 Å². The molecule has 3 N–H and O–H groups in total. The highest BCUT2D eigenvalue weighted by molar-refractivity contribution is 5.85. The lowest BCUT2D eigenvalue weighted by Crippen LogP contribution is -2.37. The lowest BCUT2D eigenvalue weighted by atomic mass is 9.83. The van der Waals surface area contributed by atoms with Gasteiger partial charge in [-0.25, -0.2) is 8.78 Å². The van der Waals surface area contributed by atoms with Gasteiger partial charge in [0.2, 0.25) is 5.91 Å². The molecular weight excluding hydrogens is 310 g/mol. The molecule has 2 atom stereocenters. The Morgan fingerprint density at radius 1 is 1.18 bits per heavy atom. The smallest absolute Gasteiger partial charge is 0.220 e. The normalized spacial score (nSPS) is 21.0. The van der Waals surface area contributed by atoms with Gasteiger partial charge in [-0.15, -0.1) is 12.4 Å². The Labute approximate surface area is 136 Å². The molecule has 0 aliphatic heterocycles. The van der Waals surface area contributed by atoms with Crippen LogP contribution in [-0.2, 0) is 11.2 Å². The van der Waals surface area contributed by atoms with E-state index < -0.39 is 11.6 Å². The molecule has 0 bridgehead atoms. The second-order valence-electron chi connectivity index (χ2n) is 5.79. The topological polar surface area (TPSA) is 55.1 Å². The van der Waals surface area contributed by atoms with Crippen molar-refractivity contribution in [1.82, 2.24) is 5.32 Å². The molecular formula is C16H23ClF2N2O. The fourth-order valence-corrected chi connectivity index (χ4v) is 2.90. The molecule has 0 aromatic heterocycles. The molecule has 124 valence electrons. The molecule has 22 heavy (non-hydrogen) atoms. The molecule has 1 aromatic carbocycles. The number of hydrogen-bond donors (Lipinski definition) is 2. The van der Waals surface area contributed by atoms with Crippen molar-refractivity contribution in [1.29, 1.82) is 0 Å². The molecule has 3 nitrogen and oxygen atoms in total. The Balaban J connectivity index is 0.00000242. The summed E-state index contributed by atoms with van der Waals surface area (Å²) in [7, 11) is 0. The molecule has 2 unspecified atom stereocenters. The SMILES string of the molecule is Cl.NC1CCCCC1CC(=O)NCCc1cc(F)cc(F)c1. The highest BCUT2D eigenvalue weighted by Gasteiger charge is 2.23. The fourth-order valence-electron chi connectivity index (χ4n) is 2.90. The van der Waals surface area contributed by atoms with Crippen LogP contribution in [0, 0.1) is 17.6 Å². The minimum absolute atomic E-state index is 0. The molecule has 1 amide bonds. The Morgan fingerprint density at radius 3 is 2.45 bits per heavy atom. The van der Waals surface area contributed by atoms with Gasteiger partial charge in [-0.1, -0.05) is 12.8 Å². The van der Waals surface area contributed by atoms with Crippen molar-refractivity contribution < 1.29 is 13.6 Å². The summed E-state index contributed by atoms with van der Waals surface area (Å²) in [6.45, 7) is 0.379. The zero-order valence-electron chi connectivity index (χ0n) is 12.5. The molecule has 2 rings (SSSR count). The van der Waals surface area contributed by atoms with Crippen LogP contribution in [0.4, 0.5) is 8.78 Å². The van der Waals surface area contributed by atoms with Crippen LogP contribution in [0.15, 0.2) is 18.2 Å². The van der Waals surface area contributed by atoms with Crippen molar-refractivity contribution in [3.05, 3.63) is 35.4 Å². The van der Waals surface area contributed by atoms with E-state index in [9.17, 15) is 13.6 Å². The van der Waals surface area contributed by atoms with Crippen molar-refractivity contribution >= 4 is 18.3 Å². The van der Waals surface area contributed by atoms with E-state index in [1.54, 1.807) is 0 Å². The number of carbonyl (C=O) groups is 1. The molecule has 1 aromatic rings. The van der Waals surface area contributed by atoms with Crippen LogP contribution in [-0.4, -0.2) is 18.5 Å². The number of halogens is 3. The average Bonchev–Trinajstić information content (AvgIpc) is 2.40. The molecule has 1 saturated carbocycles. The van der Waals surface area contributed by atoms with E-state index in [2.05, 4.69) is 5.32 Å². The molecule has 0 spiro atoms. The van der Waals surface area contributed by atoms with E-state index in [1.807, 2.05) is 0 Å². The number of nitrogens with two attached hydrogens (primary N) is 1. The van der Waals surface area contributed by atoms with Gasteiger partial charge in [0.25, 0.3) is 0 Å². The third-order valence-electron chi connectivity index (χ3n) is 4.07. The summed E-state index contributed by atoms with van der Waals surface area (Å²) in [6.07, 6.45) is 5.12. The second kappa shape index (κ2) is 9.06. The van der Waals surface area contributed by atoms with Crippen molar-refractivity contribution in [2.24, 2.45) is 11.7 Å². The maximum atomic E-state index is 13.0. The average molecular weight is 333 g/mol. The first kappa shape index (κ1) is 18.8. The van der Waals surface area contributed by atoms with Crippen molar-refractivity contribution in [3.8, 4) is 0 Å². The molecule has 6 heteroatoms. The van der Waals surface area contributed by atoms with E-state index in [1.165, 1.54) is 12.1 Å². The first-order chi connectivity index (χ1) is 10.0. The summed E-state index contributed by atoms with van der Waals surface area (Å²) >= 11 is 0. The van der Waals surface area contributed by atoms with E-state index in [-0.39, 0.29) is 30.3 Å². The van der Waals surface area contributed by atoms with E-state index in [0.29, 0.717) is 24.9 Å². The quantitative estimate of drug-likeness (QED) is 0.871. The predicted molar refractivity (Wildman–Crippen MR) is 84.9 cm³/mol. The minimum atomic E-state index is -0.593. The van der Waals surface area contributed by atoms with Gasteiger partial charge in [-0.2, -0.15) is 0 Å². The van der Waals surface area contributed by atoms with Crippen LogP contribution >= 0.6 is 12.4 Å². The lowest BCUT2D eigenvalue weighted by molar-refractivity contribution is -0.122. The van der Waals surface area contributed by atoms with Gasteiger partial charge in [0, 0.05) is 25.1 Å². The van der Waals surface area contributed by atoms with E-state index >= 15 is 0 Å². The summed E-state index contributed by atoms with van der Waals surface area (Å²) in [6, 6.07) is 3.52. The number of carbonyl (C=O) groups excluding carboxylic acids is 1. The molecule has 1 aliphatic carbocycles. The van der Waals surface area contributed by atoms with Gasteiger partial charge < -0.3 is 11.1 Å². The van der Waals surface area contributed by atoms with Gasteiger partial charge in [0.1, 0.15) is 11.6 Å². The molecule has 0 saturated heterocycles. The summed E-state index contributed by atoms with van der Waals surface area (Å²) in [4.78, 5) is 11.9. The van der Waals surface area contributed by atoms with Crippen LogP contribution in [0.2, 0.25) is 0 Å². The molecule has 1 fully saturated rings. The molecule has 0 radical (unpaired) electrons. The van der Waals surface area contributed by atoms with E-state index in [0.717, 1.165) is 31.7 Å². The maximum absolute atomic E-state index is 13.0. The van der Waals surface area contributed by atoms with Gasteiger partial charge in [-0.05, 0) is 42.9 Å². The number of amides is 1. The second-order valence-corrected chi connectivity index (χ2v) is 5.79. The minimum Gasteiger partial charge on any atom is -0.356 e. The summed E-state index contributed by atoms with van der Waals surface area (Å²) in [5.41, 5.74) is 6.56. The number of hydrogen-bond acceptors (Lipinski definition) is 2. The summed E-state index contributed by atoms with van der Waals surface area (Å²) < 4.78 is 26.0. The van der Waals surface area contributed by atoms with Crippen molar-refractivity contribution in [2.45, 2.75) is 44.6 Å². The highest BCUT2D eigenvalue weighted by Crippen LogP contribution is 2.25. The Morgan fingerprint density at radius 2 is 1.82 bits per heavy atom. The van der Waals surface area contributed by atoms with Gasteiger partial charge in [0.15, 0.2) is 0 Å². The van der Waals surface area contributed by atoms with Crippen LogP contribution in [0.3, 0.4) is 0 Å². The Bertz CT molecular complexity index is 479. The Kier molecular flexibility index (Phi) is 7.76. The first-order valence-corrected chi connectivity index (χ1v) is 7.52.